The molecule has 0 amide bonds. The third kappa shape index (κ3) is 5.24. The quantitative estimate of drug-likeness (QED) is 0.728. The van der Waals surface area contributed by atoms with Crippen LogP contribution >= 0.6 is 0 Å². The smallest absolute Gasteiger partial charge is 0.215 e. The van der Waals surface area contributed by atoms with Crippen molar-refractivity contribution in [2.75, 3.05) is 13.1 Å². The van der Waals surface area contributed by atoms with Crippen LogP contribution in [0, 0.1) is 5.92 Å². The van der Waals surface area contributed by atoms with Crippen LogP contribution in [0.1, 0.15) is 52.9 Å². The zero-order valence-electron chi connectivity index (χ0n) is 11.9. The minimum Gasteiger partial charge on any atom is -0.316 e. The fourth-order valence-electron chi connectivity index (χ4n) is 2.41. The number of sulfonamides is 1. The van der Waals surface area contributed by atoms with Crippen LogP contribution in [0.4, 0.5) is 0 Å². The molecule has 1 aliphatic carbocycles. The lowest BCUT2D eigenvalue weighted by molar-refractivity contribution is 0.481. The van der Waals surface area contributed by atoms with Crippen molar-refractivity contribution in [1.29, 1.82) is 0 Å². The molecule has 1 saturated carbocycles. The summed E-state index contributed by atoms with van der Waals surface area (Å²) in [5.74, 6) is 0.735. The molecule has 5 heteroatoms. The first-order chi connectivity index (χ1) is 8.45. The Kier molecular flexibility index (Phi) is 6.60. The molecule has 0 heterocycles. The number of rotatable bonds is 6. The highest BCUT2D eigenvalue weighted by Crippen LogP contribution is 2.23. The molecule has 1 fully saturated rings. The molecule has 0 aromatic carbocycles. The average molecular weight is 276 g/mol. The van der Waals surface area contributed by atoms with Crippen molar-refractivity contribution in [2.45, 2.75) is 64.2 Å². The number of nitrogens with one attached hydrogen (secondary N) is 2. The maximum Gasteiger partial charge on any atom is 0.215 e. The lowest BCUT2D eigenvalue weighted by atomic mass is 10.0. The predicted molar refractivity (Wildman–Crippen MR) is 76.1 cm³/mol. The normalized spacial score (nSPS) is 27.7. The zero-order chi connectivity index (χ0) is 13.6. The molecule has 18 heavy (non-hydrogen) atoms. The standard InChI is InChI=1S/C13H28N2O2S/c1-4-14-10-12(3)18(16,17)15-13-7-5-6-11(2)8-9-13/h11-15H,4-10H2,1-3H3. The van der Waals surface area contributed by atoms with E-state index in [4.69, 9.17) is 0 Å². The Morgan fingerprint density at radius 3 is 2.61 bits per heavy atom. The van der Waals surface area contributed by atoms with E-state index in [0.717, 1.165) is 38.1 Å². The third-order valence-corrected chi connectivity index (χ3v) is 5.69. The van der Waals surface area contributed by atoms with Crippen LogP contribution in [0.25, 0.3) is 0 Å². The van der Waals surface area contributed by atoms with Crippen LogP contribution in [0.5, 0.6) is 0 Å². The van der Waals surface area contributed by atoms with Crippen molar-refractivity contribution in [3.8, 4) is 0 Å². The summed E-state index contributed by atoms with van der Waals surface area (Å²) >= 11 is 0. The summed E-state index contributed by atoms with van der Waals surface area (Å²) in [6.07, 6.45) is 5.46. The summed E-state index contributed by atoms with van der Waals surface area (Å²) in [6, 6.07) is 0.143. The summed E-state index contributed by atoms with van der Waals surface area (Å²) < 4.78 is 27.2. The first-order valence-electron chi connectivity index (χ1n) is 7.17. The van der Waals surface area contributed by atoms with E-state index in [1.165, 1.54) is 6.42 Å². The van der Waals surface area contributed by atoms with E-state index in [0.29, 0.717) is 6.54 Å². The van der Waals surface area contributed by atoms with Gasteiger partial charge in [0.05, 0.1) is 5.25 Å². The predicted octanol–water partition coefficient (Wildman–Crippen LogP) is 1.87. The molecule has 0 bridgehead atoms. The maximum absolute atomic E-state index is 12.1. The van der Waals surface area contributed by atoms with Crippen LogP contribution < -0.4 is 10.0 Å². The van der Waals surface area contributed by atoms with Gasteiger partial charge in [0, 0.05) is 12.6 Å². The van der Waals surface area contributed by atoms with Crippen LogP contribution in [0.3, 0.4) is 0 Å². The van der Waals surface area contributed by atoms with Gasteiger partial charge in [-0.05, 0) is 38.6 Å². The molecule has 3 atom stereocenters. The van der Waals surface area contributed by atoms with Gasteiger partial charge >= 0.3 is 0 Å². The molecule has 0 aromatic heterocycles. The summed E-state index contributed by atoms with van der Waals surface area (Å²) in [5.41, 5.74) is 0. The summed E-state index contributed by atoms with van der Waals surface area (Å²) in [6.45, 7) is 7.34. The van der Waals surface area contributed by atoms with Crippen LogP contribution in [0.2, 0.25) is 0 Å². The van der Waals surface area contributed by atoms with E-state index >= 15 is 0 Å². The van der Waals surface area contributed by atoms with Gasteiger partial charge in [-0.3, -0.25) is 0 Å². The molecular formula is C13H28N2O2S. The van der Waals surface area contributed by atoms with Crippen LogP contribution in [-0.2, 0) is 10.0 Å². The fraction of sp³-hybridized carbons (Fsp3) is 1.00. The zero-order valence-corrected chi connectivity index (χ0v) is 12.7. The van der Waals surface area contributed by atoms with Crippen molar-refractivity contribution in [2.24, 2.45) is 5.92 Å². The monoisotopic (exact) mass is 276 g/mol. The molecule has 0 spiro atoms. The Labute approximate surface area is 112 Å². The van der Waals surface area contributed by atoms with Gasteiger partial charge in [-0.25, -0.2) is 13.1 Å². The Morgan fingerprint density at radius 2 is 1.94 bits per heavy atom. The van der Waals surface area contributed by atoms with Gasteiger partial charge in [0.15, 0.2) is 0 Å². The first-order valence-corrected chi connectivity index (χ1v) is 8.72. The fourth-order valence-corrected chi connectivity index (χ4v) is 3.68. The second-order valence-corrected chi connectivity index (χ2v) is 7.72. The van der Waals surface area contributed by atoms with E-state index in [2.05, 4.69) is 17.0 Å². The highest BCUT2D eigenvalue weighted by Gasteiger charge is 2.25. The summed E-state index contributed by atoms with van der Waals surface area (Å²) in [4.78, 5) is 0. The molecule has 4 nitrogen and oxygen atoms in total. The van der Waals surface area contributed by atoms with Crippen molar-refractivity contribution < 1.29 is 8.42 Å². The largest absolute Gasteiger partial charge is 0.316 e. The van der Waals surface area contributed by atoms with E-state index in [1.54, 1.807) is 6.92 Å². The summed E-state index contributed by atoms with van der Waals surface area (Å²) in [7, 11) is -3.18. The molecule has 108 valence electrons. The van der Waals surface area contributed by atoms with Gasteiger partial charge in [-0.15, -0.1) is 0 Å². The molecule has 0 aliphatic heterocycles. The van der Waals surface area contributed by atoms with Crippen LogP contribution in [0.15, 0.2) is 0 Å². The second-order valence-electron chi connectivity index (χ2n) is 5.59. The highest BCUT2D eigenvalue weighted by atomic mass is 32.2. The molecule has 0 aromatic rings. The van der Waals surface area contributed by atoms with Gasteiger partial charge < -0.3 is 5.32 Å². The van der Waals surface area contributed by atoms with E-state index in [1.807, 2.05) is 6.92 Å². The Hall–Kier alpha value is -0.130. The van der Waals surface area contributed by atoms with Gasteiger partial charge in [-0.2, -0.15) is 0 Å². The highest BCUT2D eigenvalue weighted by molar-refractivity contribution is 7.90. The van der Waals surface area contributed by atoms with Crippen LogP contribution in [-0.4, -0.2) is 32.8 Å². The number of hydrogen-bond donors (Lipinski definition) is 2. The second kappa shape index (κ2) is 7.46. The maximum atomic E-state index is 12.1. The Morgan fingerprint density at radius 1 is 1.22 bits per heavy atom. The van der Waals surface area contributed by atoms with E-state index in [9.17, 15) is 8.42 Å². The van der Waals surface area contributed by atoms with E-state index < -0.39 is 10.0 Å². The molecule has 1 aliphatic rings. The molecule has 0 radical (unpaired) electrons. The van der Waals surface area contributed by atoms with Crippen molar-refractivity contribution in [3.05, 3.63) is 0 Å². The molecule has 0 saturated heterocycles. The molecule has 3 unspecified atom stereocenters. The molecular weight excluding hydrogens is 248 g/mol. The third-order valence-electron chi connectivity index (χ3n) is 3.80. The summed E-state index contributed by atoms with van der Waals surface area (Å²) in [5, 5.41) is 2.73. The average Bonchev–Trinajstić information content (AvgIpc) is 2.51. The minimum atomic E-state index is -3.18. The van der Waals surface area contributed by atoms with Crippen molar-refractivity contribution in [3.63, 3.8) is 0 Å². The van der Waals surface area contributed by atoms with Crippen molar-refractivity contribution in [1.82, 2.24) is 10.0 Å². The van der Waals surface area contributed by atoms with E-state index in [-0.39, 0.29) is 11.3 Å². The lowest BCUT2D eigenvalue weighted by Gasteiger charge is -2.20. The molecule has 1 rings (SSSR count). The number of hydrogen-bond acceptors (Lipinski definition) is 3. The van der Waals surface area contributed by atoms with Crippen molar-refractivity contribution >= 4 is 10.0 Å². The molecule has 2 N–H and O–H groups in total. The van der Waals surface area contributed by atoms with Gasteiger partial charge in [0.2, 0.25) is 10.0 Å². The SMILES string of the molecule is CCNCC(C)S(=O)(=O)NC1CCCC(C)CC1. The minimum absolute atomic E-state index is 0.143. The van der Waals surface area contributed by atoms with Gasteiger partial charge in [0.25, 0.3) is 0 Å². The first kappa shape index (κ1) is 15.9. The van der Waals surface area contributed by atoms with Gasteiger partial charge in [0.1, 0.15) is 0 Å². The Bertz CT molecular complexity index is 330. The topological polar surface area (TPSA) is 58.2 Å². The van der Waals surface area contributed by atoms with Gasteiger partial charge in [-0.1, -0.05) is 26.7 Å². The Balaban J connectivity index is 2.48. The lowest BCUT2D eigenvalue weighted by Crippen LogP contribution is -2.43.